The van der Waals surface area contributed by atoms with Crippen LogP contribution in [0.15, 0.2) is 46.9 Å². The summed E-state index contributed by atoms with van der Waals surface area (Å²) in [6.45, 7) is 4.37. The van der Waals surface area contributed by atoms with Crippen LogP contribution >= 0.6 is 15.9 Å². The first-order chi connectivity index (χ1) is 9.63. The van der Waals surface area contributed by atoms with E-state index in [9.17, 15) is 0 Å². The molecule has 0 aromatic heterocycles. The van der Waals surface area contributed by atoms with Gasteiger partial charge in [0.15, 0.2) is 0 Å². The van der Waals surface area contributed by atoms with E-state index in [-0.39, 0.29) is 0 Å². The SMILES string of the molecule is Cc1cccc(NC2CC(c3ccc(Br)cc3)C2)c1C. The van der Waals surface area contributed by atoms with E-state index in [1.54, 1.807) is 0 Å². The number of rotatable bonds is 3. The molecule has 1 saturated carbocycles. The maximum atomic E-state index is 3.69. The van der Waals surface area contributed by atoms with E-state index >= 15 is 0 Å². The van der Waals surface area contributed by atoms with Crippen molar-refractivity contribution in [1.29, 1.82) is 0 Å². The van der Waals surface area contributed by atoms with E-state index in [1.807, 2.05) is 0 Å². The molecule has 2 heteroatoms. The van der Waals surface area contributed by atoms with Crippen molar-refractivity contribution in [3.8, 4) is 0 Å². The van der Waals surface area contributed by atoms with Crippen molar-refractivity contribution < 1.29 is 0 Å². The van der Waals surface area contributed by atoms with Gasteiger partial charge in [-0.25, -0.2) is 0 Å². The fourth-order valence-corrected chi connectivity index (χ4v) is 3.13. The summed E-state index contributed by atoms with van der Waals surface area (Å²) in [5.41, 5.74) is 5.50. The van der Waals surface area contributed by atoms with Crippen LogP contribution in [0.5, 0.6) is 0 Å². The maximum Gasteiger partial charge on any atom is 0.0374 e. The molecule has 1 aliphatic rings. The molecule has 0 aliphatic heterocycles. The summed E-state index contributed by atoms with van der Waals surface area (Å²) in [4.78, 5) is 0. The lowest BCUT2D eigenvalue weighted by molar-refractivity contribution is 0.374. The highest BCUT2D eigenvalue weighted by molar-refractivity contribution is 9.10. The van der Waals surface area contributed by atoms with Crippen molar-refractivity contribution >= 4 is 21.6 Å². The van der Waals surface area contributed by atoms with Gasteiger partial charge in [-0.15, -0.1) is 0 Å². The Morgan fingerprint density at radius 3 is 2.40 bits per heavy atom. The summed E-state index contributed by atoms with van der Waals surface area (Å²) in [6, 6.07) is 15.9. The Labute approximate surface area is 129 Å². The van der Waals surface area contributed by atoms with Crippen molar-refractivity contribution in [3.63, 3.8) is 0 Å². The smallest absolute Gasteiger partial charge is 0.0374 e. The predicted octanol–water partition coefficient (Wildman–Crippen LogP) is 5.42. The minimum atomic E-state index is 0.615. The molecule has 1 nitrogen and oxygen atoms in total. The number of benzene rings is 2. The van der Waals surface area contributed by atoms with Crippen LogP contribution in [0.3, 0.4) is 0 Å². The van der Waals surface area contributed by atoms with E-state index in [4.69, 9.17) is 0 Å². The van der Waals surface area contributed by atoms with Crippen LogP contribution in [0, 0.1) is 13.8 Å². The third-order valence-corrected chi connectivity index (χ3v) is 4.97. The molecule has 104 valence electrons. The van der Waals surface area contributed by atoms with Crippen molar-refractivity contribution in [1.82, 2.24) is 0 Å². The summed E-state index contributed by atoms with van der Waals surface area (Å²) < 4.78 is 1.16. The lowest BCUT2D eigenvalue weighted by Gasteiger charge is -2.37. The minimum absolute atomic E-state index is 0.615. The zero-order valence-corrected chi connectivity index (χ0v) is 13.6. The highest BCUT2D eigenvalue weighted by atomic mass is 79.9. The second-order valence-corrected chi connectivity index (χ2v) is 6.72. The number of hydrogen-bond donors (Lipinski definition) is 1. The van der Waals surface area contributed by atoms with Gasteiger partial charge in [-0.3, -0.25) is 0 Å². The first-order valence-electron chi connectivity index (χ1n) is 7.21. The molecule has 1 fully saturated rings. The van der Waals surface area contributed by atoms with Crippen LogP contribution in [0.1, 0.15) is 35.4 Å². The van der Waals surface area contributed by atoms with Crippen LogP contribution in [-0.2, 0) is 0 Å². The first-order valence-corrected chi connectivity index (χ1v) is 8.01. The predicted molar refractivity (Wildman–Crippen MR) is 89.4 cm³/mol. The molecule has 0 bridgehead atoms. The van der Waals surface area contributed by atoms with Crippen LogP contribution in [0.4, 0.5) is 5.69 Å². The zero-order valence-electron chi connectivity index (χ0n) is 12.0. The number of nitrogens with one attached hydrogen (secondary N) is 1. The molecule has 20 heavy (non-hydrogen) atoms. The Morgan fingerprint density at radius 2 is 1.70 bits per heavy atom. The molecule has 1 N–H and O–H groups in total. The number of hydrogen-bond acceptors (Lipinski definition) is 1. The van der Waals surface area contributed by atoms with Gasteiger partial charge in [0.2, 0.25) is 0 Å². The summed E-state index contributed by atoms with van der Waals surface area (Å²) in [5.74, 6) is 0.714. The molecule has 0 amide bonds. The molecule has 0 radical (unpaired) electrons. The van der Waals surface area contributed by atoms with Gasteiger partial charge in [0.1, 0.15) is 0 Å². The van der Waals surface area contributed by atoms with E-state index in [0.717, 1.165) is 4.47 Å². The number of aryl methyl sites for hydroxylation is 1. The zero-order chi connectivity index (χ0) is 14.1. The van der Waals surface area contributed by atoms with E-state index in [2.05, 4.69) is 77.6 Å². The largest absolute Gasteiger partial charge is 0.382 e. The Hall–Kier alpha value is -1.28. The first kappa shape index (κ1) is 13.7. The van der Waals surface area contributed by atoms with Crippen molar-refractivity contribution in [3.05, 3.63) is 63.6 Å². The second-order valence-electron chi connectivity index (χ2n) is 5.81. The van der Waals surface area contributed by atoms with E-state index < -0.39 is 0 Å². The minimum Gasteiger partial charge on any atom is -0.382 e. The lowest BCUT2D eigenvalue weighted by Crippen LogP contribution is -2.34. The van der Waals surface area contributed by atoms with Crippen LogP contribution in [0.25, 0.3) is 0 Å². The highest BCUT2D eigenvalue weighted by Gasteiger charge is 2.30. The summed E-state index contributed by atoms with van der Waals surface area (Å²) >= 11 is 3.49. The molecule has 2 aromatic carbocycles. The van der Waals surface area contributed by atoms with Crippen molar-refractivity contribution in [2.75, 3.05) is 5.32 Å². The number of anilines is 1. The molecule has 0 heterocycles. The van der Waals surface area contributed by atoms with Gasteiger partial charge in [0, 0.05) is 16.2 Å². The average molecular weight is 330 g/mol. The molecule has 1 aliphatic carbocycles. The molecule has 0 unspecified atom stereocenters. The molecule has 2 aromatic rings. The van der Waals surface area contributed by atoms with Gasteiger partial charge in [-0.05, 0) is 67.5 Å². The van der Waals surface area contributed by atoms with Crippen molar-refractivity contribution in [2.24, 2.45) is 0 Å². The van der Waals surface area contributed by atoms with Gasteiger partial charge in [0.05, 0.1) is 0 Å². The molecular weight excluding hydrogens is 310 g/mol. The normalized spacial score (nSPS) is 21.4. The average Bonchev–Trinajstić information content (AvgIpc) is 2.39. The highest BCUT2D eigenvalue weighted by Crippen LogP contribution is 2.39. The van der Waals surface area contributed by atoms with Gasteiger partial charge in [0.25, 0.3) is 0 Å². The molecular formula is C18H20BrN. The van der Waals surface area contributed by atoms with Crippen LogP contribution in [0.2, 0.25) is 0 Å². The van der Waals surface area contributed by atoms with Gasteiger partial charge >= 0.3 is 0 Å². The Morgan fingerprint density at radius 1 is 1.00 bits per heavy atom. The van der Waals surface area contributed by atoms with Gasteiger partial charge in [-0.1, -0.05) is 40.2 Å². The van der Waals surface area contributed by atoms with E-state index in [0.29, 0.717) is 12.0 Å². The quantitative estimate of drug-likeness (QED) is 0.792. The maximum absolute atomic E-state index is 3.69. The third-order valence-electron chi connectivity index (χ3n) is 4.44. The Balaban J connectivity index is 1.61. The topological polar surface area (TPSA) is 12.0 Å². The molecule has 0 atom stereocenters. The molecule has 0 saturated heterocycles. The Kier molecular flexibility index (Phi) is 3.84. The van der Waals surface area contributed by atoms with E-state index in [1.165, 1.54) is 35.2 Å². The summed E-state index contributed by atoms with van der Waals surface area (Å²) in [5, 5.41) is 3.69. The Bertz CT molecular complexity index is 597. The fraction of sp³-hybridized carbons (Fsp3) is 0.333. The standard InChI is InChI=1S/C18H20BrN/c1-12-4-3-5-18(13(12)2)20-17-10-15(11-17)14-6-8-16(19)9-7-14/h3-9,15,17,20H,10-11H2,1-2H3. The summed E-state index contributed by atoms with van der Waals surface area (Å²) in [6.07, 6.45) is 2.46. The molecule has 0 spiro atoms. The monoisotopic (exact) mass is 329 g/mol. The van der Waals surface area contributed by atoms with Crippen LogP contribution < -0.4 is 5.32 Å². The lowest BCUT2D eigenvalue weighted by atomic mass is 9.76. The van der Waals surface area contributed by atoms with Crippen LogP contribution in [-0.4, -0.2) is 6.04 Å². The fourth-order valence-electron chi connectivity index (χ4n) is 2.87. The second kappa shape index (κ2) is 5.61. The third kappa shape index (κ3) is 2.76. The summed E-state index contributed by atoms with van der Waals surface area (Å²) in [7, 11) is 0. The number of halogens is 1. The molecule has 3 rings (SSSR count). The van der Waals surface area contributed by atoms with Crippen molar-refractivity contribution in [2.45, 2.75) is 38.6 Å². The van der Waals surface area contributed by atoms with Gasteiger partial charge < -0.3 is 5.32 Å². The van der Waals surface area contributed by atoms with Gasteiger partial charge in [-0.2, -0.15) is 0 Å².